The highest BCUT2D eigenvalue weighted by Gasteiger charge is 2.22. The van der Waals surface area contributed by atoms with Crippen molar-refractivity contribution < 1.29 is 24.2 Å². The zero-order chi connectivity index (χ0) is 18.7. The summed E-state index contributed by atoms with van der Waals surface area (Å²) in [4.78, 5) is 17.6. The summed E-state index contributed by atoms with van der Waals surface area (Å²) in [5.74, 6) is 0.969. The highest BCUT2D eigenvalue weighted by Crippen LogP contribution is 2.29. The van der Waals surface area contributed by atoms with Gasteiger partial charge in [-0.15, -0.1) is 0 Å². The van der Waals surface area contributed by atoms with Gasteiger partial charge in [-0.2, -0.15) is 0 Å². The minimum Gasteiger partial charge on any atom is -0.508 e. The van der Waals surface area contributed by atoms with Gasteiger partial charge in [-0.05, 0) is 54.7 Å². The van der Waals surface area contributed by atoms with Gasteiger partial charge >= 0.3 is 5.97 Å². The molecule has 1 N–H and O–H groups in total. The lowest BCUT2D eigenvalue weighted by Crippen LogP contribution is -2.19. The first-order valence-electron chi connectivity index (χ1n) is 8.33. The summed E-state index contributed by atoms with van der Waals surface area (Å²) in [7, 11) is 3.03. The molecule has 6 heteroatoms. The molecule has 2 aromatic rings. The van der Waals surface area contributed by atoms with Crippen molar-refractivity contribution in [2.45, 2.75) is 19.8 Å². The third-order valence-corrected chi connectivity index (χ3v) is 4.34. The highest BCUT2D eigenvalue weighted by molar-refractivity contribution is 6.03. The lowest BCUT2D eigenvalue weighted by Gasteiger charge is -2.22. The molecule has 26 heavy (non-hydrogen) atoms. The molecule has 0 amide bonds. The molecule has 3 rings (SSSR count). The average Bonchev–Trinajstić information content (AvgIpc) is 2.64. The Bertz CT molecular complexity index is 837. The number of phenols is 1. The van der Waals surface area contributed by atoms with Gasteiger partial charge in [-0.3, -0.25) is 0 Å². The minimum atomic E-state index is -0.590. The van der Waals surface area contributed by atoms with Crippen molar-refractivity contribution in [3.05, 3.63) is 53.1 Å². The van der Waals surface area contributed by atoms with E-state index in [-0.39, 0.29) is 5.75 Å². The van der Waals surface area contributed by atoms with Gasteiger partial charge < -0.3 is 19.4 Å². The Balaban J connectivity index is 1.85. The molecule has 0 spiro atoms. The molecule has 0 saturated carbocycles. The Morgan fingerprint density at radius 2 is 1.77 bits per heavy atom. The predicted octanol–water partition coefficient (Wildman–Crippen LogP) is 3.55. The van der Waals surface area contributed by atoms with Crippen molar-refractivity contribution >= 4 is 11.7 Å². The lowest BCUT2D eigenvalue weighted by molar-refractivity contribution is 0.0514. The van der Waals surface area contributed by atoms with Crippen molar-refractivity contribution in [1.29, 1.82) is 0 Å². The number of ether oxygens (including phenoxy) is 2. The van der Waals surface area contributed by atoms with Crippen molar-refractivity contribution in [3.8, 4) is 17.2 Å². The van der Waals surface area contributed by atoms with E-state index in [0.29, 0.717) is 35.1 Å². The van der Waals surface area contributed by atoms with Crippen LogP contribution in [0.2, 0.25) is 0 Å². The maximum atomic E-state index is 12.4. The van der Waals surface area contributed by atoms with Gasteiger partial charge in [0.1, 0.15) is 17.2 Å². The number of oxime groups is 1. The topological polar surface area (TPSA) is 77.4 Å². The zero-order valence-corrected chi connectivity index (χ0v) is 15.0. The summed E-state index contributed by atoms with van der Waals surface area (Å²) in [6, 6.07) is 9.96. The van der Waals surface area contributed by atoms with E-state index in [0.717, 1.165) is 17.5 Å². The number of aromatic hydroxyl groups is 1. The SMILES string of the molecule is COc1cc(OC)cc(C(=O)O/N=C2/C[C@H](C)Cc3cc(O)ccc32)c1. The fourth-order valence-corrected chi connectivity index (χ4v) is 3.08. The molecule has 1 atom stereocenters. The van der Waals surface area contributed by atoms with Crippen LogP contribution < -0.4 is 9.47 Å². The van der Waals surface area contributed by atoms with Crippen molar-refractivity contribution in [2.75, 3.05) is 14.2 Å². The number of carbonyl (C=O) groups excluding carboxylic acids is 1. The molecule has 0 aliphatic heterocycles. The van der Waals surface area contributed by atoms with Crippen LogP contribution in [0.4, 0.5) is 0 Å². The van der Waals surface area contributed by atoms with Crippen LogP contribution in [0.25, 0.3) is 0 Å². The maximum Gasteiger partial charge on any atom is 0.366 e. The minimum absolute atomic E-state index is 0.220. The Morgan fingerprint density at radius 1 is 1.08 bits per heavy atom. The third-order valence-electron chi connectivity index (χ3n) is 4.34. The van der Waals surface area contributed by atoms with Gasteiger partial charge in [0.15, 0.2) is 0 Å². The van der Waals surface area contributed by atoms with Crippen molar-refractivity contribution in [1.82, 2.24) is 0 Å². The molecular weight excluding hydrogens is 334 g/mol. The van der Waals surface area contributed by atoms with Crippen LogP contribution in [0.3, 0.4) is 0 Å². The lowest BCUT2D eigenvalue weighted by atomic mass is 9.83. The van der Waals surface area contributed by atoms with Gasteiger partial charge in [0.05, 0.1) is 25.5 Å². The van der Waals surface area contributed by atoms with Gasteiger partial charge in [0.25, 0.3) is 0 Å². The summed E-state index contributed by atoms with van der Waals surface area (Å²) < 4.78 is 10.3. The first kappa shape index (κ1) is 17.8. The van der Waals surface area contributed by atoms with Crippen LogP contribution in [0.1, 0.15) is 34.8 Å². The summed E-state index contributed by atoms with van der Waals surface area (Å²) in [6.45, 7) is 2.09. The molecule has 0 saturated heterocycles. The normalized spacial score (nSPS) is 17.5. The third kappa shape index (κ3) is 3.79. The summed E-state index contributed by atoms with van der Waals surface area (Å²) in [5, 5.41) is 13.8. The first-order chi connectivity index (χ1) is 12.5. The number of hydrogen-bond acceptors (Lipinski definition) is 6. The Labute approximate surface area is 152 Å². The van der Waals surface area contributed by atoms with E-state index in [2.05, 4.69) is 12.1 Å². The molecule has 1 aliphatic carbocycles. The molecular formula is C20H21NO5. The number of hydrogen-bond donors (Lipinski definition) is 1. The Kier molecular flexibility index (Phi) is 5.11. The van der Waals surface area contributed by atoms with Gasteiger partial charge in [-0.25, -0.2) is 4.79 Å². The molecule has 0 aromatic heterocycles. The van der Waals surface area contributed by atoms with E-state index in [9.17, 15) is 9.90 Å². The number of methoxy groups -OCH3 is 2. The second-order valence-corrected chi connectivity index (χ2v) is 6.37. The smallest absolute Gasteiger partial charge is 0.366 e. The van der Waals surface area contributed by atoms with Crippen LogP contribution in [0, 0.1) is 5.92 Å². The molecule has 0 radical (unpaired) electrons. The summed E-state index contributed by atoms with van der Waals surface area (Å²) >= 11 is 0. The molecule has 2 aromatic carbocycles. The summed E-state index contributed by atoms with van der Waals surface area (Å²) in [5.41, 5.74) is 2.89. The standard InChI is InChI=1S/C20H21NO5/c1-12-6-13-8-15(22)4-5-18(13)19(7-12)21-26-20(23)14-9-16(24-2)11-17(10-14)25-3/h4-5,8-12,22H,6-7H2,1-3H3/b21-19-/t12-/m1/s1. The van der Waals surface area contributed by atoms with Crippen molar-refractivity contribution in [3.63, 3.8) is 0 Å². The maximum absolute atomic E-state index is 12.4. The molecule has 0 fully saturated rings. The van der Waals surface area contributed by atoms with E-state index < -0.39 is 5.97 Å². The number of rotatable bonds is 4. The monoisotopic (exact) mass is 355 g/mol. The van der Waals surface area contributed by atoms with E-state index in [1.54, 1.807) is 36.4 Å². The number of carbonyl (C=O) groups is 1. The van der Waals surface area contributed by atoms with E-state index in [4.69, 9.17) is 14.3 Å². The quantitative estimate of drug-likeness (QED) is 0.670. The molecule has 0 heterocycles. The van der Waals surface area contributed by atoms with Crippen molar-refractivity contribution in [2.24, 2.45) is 11.1 Å². The van der Waals surface area contributed by atoms with Crippen LogP contribution in [0.15, 0.2) is 41.6 Å². The second-order valence-electron chi connectivity index (χ2n) is 6.37. The number of nitrogens with zero attached hydrogens (tertiary/aromatic N) is 1. The van der Waals surface area contributed by atoms with Gasteiger partial charge in [0, 0.05) is 11.6 Å². The first-order valence-corrected chi connectivity index (χ1v) is 8.33. The highest BCUT2D eigenvalue weighted by atomic mass is 16.7. The van der Waals surface area contributed by atoms with Gasteiger partial charge in [-0.1, -0.05) is 12.1 Å². The van der Waals surface area contributed by atoms with Crippen LogP contribution in [0.5, 0.6) is 17.2 Å². The second kappa shape index (κ2) is 7.47. The van der Waals surface area contributed by atoms with E-state index in [1.807, 2.05) is 0 Å². The zero-order valence-electron chi connectivity index (χ0n) is 15.0. The molecule has 1 aliphatic rings. The molecule has 136 valence electrons. The predicted molar refractivity (Wildman–Crippen MR) is 97.1 cm³/mol. The average molecular weight is 355 g/mol. The number of phenolic OH excluding ortho intramolecular Hbond substituents is 1. The van der Waals surface area contributed by atoms with Crippen LogP contribution in [-0.4, -0.2) is 31.0 Å². The fraction of sp³-hybridized carbons (Fsp3) is 0.300. The van der Waals surface area contributed by atoms with Crippen LogP contribution in [-0.2, 0) is 11.3 Å². The Hall–Kier alpha value is -3.02. The van der Waals surface area contributed by atoms with Gasteiger partial charge in [0.2, 0.25) is 0 Å². The van der Waals surface area contributed by atoms with E-state index >= 15 is 0 Å². The molecule has 0 bridgehead atoms. The number of benzene rings is 2. The molecule has 0 unspecified atom stereocenters. The molecule has 6 nitrogen and oxygen atoms in total. The fourth-order valence-electron chi connectivity index (χ4n) is 3.08. The largest absolute Gasteiger partial charge is 0.508 e. The summed E-state index contributed by atoms with van der Waals surface area (Å²) in [6.07, 6.45) is 1.55. The van der Waals surface area contributed by atoms with Crippen LogP contribution >= 0.6 is 0 Å². The van der Waals surface area contributed by atoms with E-state index in [1.165, 1.54) is 14.2 Å². The Morgan fingerprint density at radius 3 is 2.42 bits per heavy atom. The number of fused-ring (bicyclic) bond motifs is 1.